The van der Waals surface area contributed by atoms with Crippen LogP contribution in [0.1, 0.15) is 38.2 Å². The number of hydrogen-bond donors (Lipinski definition) is 1. The van der Waals surface area contributed by atoms with Crippen LogP contribution in [0.4, 0.5) is 0 Å². The minimum Gasteiger partial charge on any atom is -0.497 e. The average molecular weight is 318 g/mol. The molecule has 0 saturated heterocycles. The molecule has 0 bridgehead atoms. The Bertz CT molecular complexity index is 629. The summed E-state index contributed by atoms with van der Waals surface area (Å²) in [6.07, 6.45) is 1.64. The fourth-order valence-corrected chi connectivity index (χ4v) is 3.16. The van der Waals surface area contributed by atoms with Crippen molar-refractivity contribution in [3.05, 3.63) is 35.4 Å². The fraction of sp³-hybridized carbons (Fsp3) is 0.444. The van der Waals surface area contributed by atoms with Gasteiger partial charge in [-0.25, -0.2) is 0 Å². The third kappa shape index (κ3) is 3.73. The van der Waals surface area contributed by atoms with Crippen molar-refractivity contribution in [1.82, 2.24) is 0 Å². The van der Waals surface area contributed by atoms with E-state index in [1.54, 1.807) is 7.11 Å². The average Bonchev–Trinajstić information content (AvgIpc) is 2.54. The van der Waals surface area contributed by atoms with Crippen LogP contribution in [0.25, 0.3) is 5.57 Å². The summed E-state index contributed by atoms with van der Waals surface area (Å²) in [5.41, 5.74) is 2.13. The van der Waals surface area contributed by atoms with Crippen LogP contribution in [0.3, 0.4) is 0 Å². The number of rotatable bonds is 5. The summed E-state index contributed by atoms with van der Waals surface area (Å²) in [5.74, 6) is -0.418. The summed E-state index contributed by atoms with van der Waals surface area (Å²) < 4.78 is 10.0. The lowest BCUT2D eigenvalue weighted by Crippen LogP contribution is -2.32. The number of allylic oxidation sites excluding steroid dienone is 1. The molecule has 1 aromatic rings. The van der Waals surface area contributed by atoms with Gasteiger partial charge in [0.1, 0.15) is 5.75 Å². The van der Waals surface area contributed by atoms with Gasteiger partial charge >= 0.3 is 11.9 Å². The van der Waals surface area contributed by atoms with Crippen LogP contribution in [-0.4, -0.2) is 31.3 Å². The van der Waals surface area contributed by atoms with Crippen molar-refractivity contribution in [3.63, 3.8) is 0 Å². The Kier molecular flexibility index (Phi) is 5.08. The molecule has 5 nitrogen and oxygen atoms in total. The number of carbonyl (C=O) groups is 2. The minimum atomic E-state index is -0.889. The zero-order valence-electron chi connectivity index (χ0n) is 13.7. The van der Waals surface area contributed by atoms with Gasteiger partial charge < -0.3 is 14.6 Å². The molecule has 0 heterocycles. The number of ether oxygens (including phenoxy) is 2. The van der Waals surface area contributed by atoms with Gasteiger partial charge in [-0.05, 0) is 49.5 Å². The molecule has 0 spiro atoms. The zero-order chi connectivity index (χ0) is 17.0. The molecule has 1 N–H and O–H groups in total. The summed E-state index contributed by atoms with van der Waals surface area (Å²) >= 11 is 0. The quantitative estimate of drug-likeness (QED) is 0.843. The molecule has 23 heavy (non-hydrogen) atoms. The van der Waals surface area contributed by atoms with Crippen molar-refractivity contribution in [2.24, 2.45) is 5.41 Å². The van der Waals surface area contributed by atoms with Gasteiger partial charge in [0.05, 0.1) is 26.1 Å². The number of carbonyl (C=O) groups excluding carboxylic acids is 1. The highest BCUT2D eigenvalue weighted by Crippen LogP contribution is 2.44. The second kappa shape index (κ2) is 6.86. The Labute approximate surface area is 135 Å². The molecule has 0 amide bonds. The Morgan fingerprint density at radius 1 is 1.22 bits per heavy atom. The largest absolute Gasteiger partial charge is 0.497 e. The van der Waals surface area contributed by atoms with Crippen LogP contribution in [0, 0.1) is 5.41 Å². The lowest BCUT2D eigenvalue weighted by atomic mass is 9.71. The van der Waals surface area contributed by atoms with E-state index in [9.17, 15) is 14.7 Å². The van der Waals surface area contributed by atoms with Crippen molar-refractivity contribution in [1.29, 1.82) is 0 Å². The predicted molar refractivity (Wildman–Crippen MR) is 86.1 cm³/mol. The highest BCUT2D eigenvalue weighted by molar-refractivity contribution is 5.83. The van der Waals surface area contributed by atoms with Crippen LogP contribution >= 0.6 is 0 Å². The molecule has 2 rings (SSSR count). The normalized spacial score (nSPS) is 21.0. The Hall–Kier alpha value is -2.30. The number of carboxylic acids is 1. The lowest BCUT2D eigenvalue weighted by Gasteiger charge is -2.34. The third-order valence-corrected chi connectivity index (χ3v) is 4.44. The first-order chi connectivity index (χ1) is 10.9. The van der Waals surface area contributed by atoms with Gasteiger partial charge in [0.2, 0.25) is 0 Å². The predicted octanol–water partition coefficient (Wildman–Crippen LogP) is 3.29. The van der Waals surface area contributed by atoms with Crippen molar-refractivity contribution in [2.75, 3.05) is 14.2 Å². The molecule has 0 saturated carbocycles. The van der Waals surface area contributed by atoms with Crippen LogP contribution < -0.4 is 4.74 Å². The van der Waals surface area contributed by atoms with E-state index < -0.39 is 11.4 Å². The van der Waals surface area contributed by atoms with Crippen molar-refractivity contribution >= 4 is 17.5 Å². The number of aliphatic carboxylic acids is 1. The van der Waals surface area contributed by atoms with E-state index in [4.69, 9.17) is 9.47 Å². The maximum absolute atomic E-state index is 12.0. The SMILES string of the molecule is COC(=O)[C@@]1(C)CCC(c2ccc(OC)cc2)=C(CC(=O)O)C1. The molecule has 1 aliphatic rings. The monoisotopic (exact) mass is 318 g/mol. The molecule has 1 aliphatic carbocycles. The van der Waals surface area contributed by atoms with Gasteiger partial charge in [0.25, 0.3) is 0 Å². The van der Waals surface area contributed by atoms with E-state index in [1.807, 2.05) is 31.2 Å². The first kappa shape index (κ1) is 17.1. The summed E-state index contributed by atoms with van der Waals surface area (Å²) in [6, 6.07) is 7.57. The summed E-state index contributed by atoms with van der Waals surface area (Å²) in [6.45, 7) is 1.84. The molecule has 0 fully saturated rings. The van der Waals surface area contributed by atoms with Crippen LogP contribution in [0.5, 0.6) is 5.75 Å². The van der Waals surface area contributed by atoms with E-state index in [2.05, 4.69) is 0 Å². The van der Waals surface area contributed by atoms with Crippen molar-refractivity contribution < 1.29 is 24.2 Å². The van der Waals surface area contributed by atoms with E-state index in [0.717, 1.165) is 22.5 Å². The van der Waals surface area contributed by atoms with Gasteiger partial charge in [-0.2, -0.15) is 0 Å². The van der Waals surface area contributed by atoms with Crippen LogP contribution in [0.15, 0.2) is 29.8 Å². The molecule has 1 aromatic carbocycles. The third-order valence-electron chi connectivity index (χ3n) is 4.44. The number of esters is 1. The fourth-order valence-electron chi connectivity index (χ4n) is 3.16. The van der Waals surface area contributed by atoms with Gasteiger partial charge in [-0.3, -0.25) is 9.59 Å². The number of carboxylic acid groups (broad SMARTS) is 1. The Morgan fingerprint density at radius 3 is 2.39 bits per heavy atom. The number of methoxy groups -OCH3 is 2. The number of benzene rings is 1. The zero-order valence-corrected chi connectivity index (χ0v) is 13.7. The first-order valence-corrected chi connectivity index (χ1v) is 7.55. The van der Waals surface area contributed by atoms with Crippen LogP contribution in [0.2, 0.25) is 0 Å². The van der Waals surface area contributed by atoms with Crippen LogP contribution in [-0.2, 0) is 14.3 Å². The second-order valence-corrected chi connectivity index (χ2v) is 6.11. The maximum atomic E-state index is 12.0. The van der Waals surface area contributed by atoms with Gasteiger partial charge in [0.15, 0.2) is 0 Å². The number of hydrogen-bond acceptors (Lipinski definition) is 4. The molecule has 0 unspecified atom stereocenters. The van der Waals surface area contributed by atoms with Gasteiger partial charge in [0, 0.05) is 0 Å². The molecule has 5 heteroatoms. The molecular formula is C18H22O5. The minimum absolute atomic E-state index is 0.0616. The van der Waals surface area contributed by atoms with E-state index in [1.165, 1.54) is 7.11 Å². The summed E-state index contributed by atoms with van der Waals surface area (Å²) in [5, 5.41) is 9.21. The Balaban J connectivity index is 2.39. The topological polar surface area (TPSA) is 72.8 Å². The highest BCUT2D eigenvalue weighted by Gasteiger charge is 2.39. The maximum Gasteiger partial charge on any atom is 0.311 e. The van der Waals surface area contributed by atoms with Gasteiger partial charge in [-0.15, -0.1) is 0 Å². The molecule has 0 aromatic heterocycles. The summed E-state index contributed by atoms with van der Waals surface area (Å²) in [4.78, 5) is 23.3. The summed E-state index contributed by atoms with van der Waals surface area (Å²) in [7, 11) is 2.97. The van der Waals surface area contributed by atoms with E-state index in [-0.39, 0.29) is 12.4 Å². The lowest BCUT2D eigenvalue weighted by molar-refractivity contribution is -0.152. The molecule has 1 atom stereocenters. The van der Waals surface area contributed by atoms with E-state index >= 15 is 0 Å². The van der Waals surface area contributed by atoms with Crippen molar-refractivity contribution in [3.8, 4) is 5.75 Å². The second-order valence-electron chi connectivity index (χ2n) is 6.11. The highest BCUT2D eigenvalue weighted by atomic mass is 16.5. The first-order valence-electron chi connectivity index (χ1n) is 7.55. The molecular weight excluding hydrogens is 296 g/mol. The Morgan fingerprint density at radius 2 is 1.87 bits per heavy atom. The van der Waals surface area contributed by atoms with Gasteiger partial charge in [-0.1, -0.05) is 17.7 Å². The smallest absolute Gasteiger partial charge is 0.311 e. The molecule has 0 radical (unpaired) electrons. The van der Waals surface area contributed by atoms with E-state index in [0.29, 0.717) is 19.3 Å². The molecule has 0 aliphatic heterocycles. The molecule has 124 valence electrons. The van der Waals surface area contributed by atoms with Crippen molar-refractivity contribution in [2.45, 2.75) is 32.6 Å². The standard InChI is InChI=1S/C18H22O5/c1-18(17(21)23-3)9-8-15(13(11-18)10-16(19)20)12-4-6-14(22-2)7-5-12/h4-7H,8-11H2,1-3H3,(H,19,20)/t18-/m0/s1.